The summed E-state index contributed by atoms with van der Waals surface area (Å²) in [4.78, 5) is 42.2. The Kier molecular flexibility index (Phi) is 11.4. The largest absolute Gasteiger partial charge is 0.497 e. The number of carbonyl (C=O) groups is 3. The van der Waals surface area contributed by atoms with Crippen LogP contribution in [0.5, 0.6) is 5.75 Å². The molecule has 0 unspecified atom stereocenters. The van der Waals surface area contributed by atoms with Crippen LogP contribution >= 0.6 is 0 Å². The van der Waals surface area contributed by atoms with E-state index in [1.165, 1.54) is 0 Å². The van der Waals surface area contributed by atoms with Gasteiger partial charge in [0.2, 0.25) is 11.8 Å². The Morgan fingerprint density at radius 2 is 1.62 bits per heavy atom. The fourth-order valence-electron chi connectivity index (χ4n) is 2.97. The minimum absolute atomic E-state index is 0.0800. The molecule has 0 spiro atoms. The van der Waals surface area contributed by atoms with Crippen molar-refractivity contribution in [2.75, 3.05) is 13.7 Å². The van der Waals surface area contributed by atoms with E-state index in [-0.39, 0.29) is 24.3 Å². The Labute approximate surface area is 191 Å². The zero-order valence-corrected chi connectivity index (χ0v) is 20.2. The lowest BCUT2D eigenvalue weighted by atomic mass is 9.96. The lowest BCUT2D eigenvalue weighted by molar-refractivity contribution is -0.147. The van der Waals surface area contributed by atoms with Gasteiger partial charge < -0.3 is 20.1 Å². The van der Waals surface area contributed by atoms with Crippen LogP contribution in [0.3, 0.4) is 0 Å². The van der Waals surface area contributed by atoms with Gasteiger partial charge in [0, 0.05) is 6.21 Å². The topological polar surface area (TPSA) is 106 Å². The Balaban J connectivity index is 2.95. The number of nitrogens with one attached hydrogen (secondary N) is 2. The Hall–Kier alpha value is -2.90. The van der Waals surface area contributed by atoms with E-state index in [9.17, 15) is 14.4 Å². The molecule has 1 aromatic carbocycles. The number of hydrogen-bond acceptors (Lipinski definition) is 6. The normalized spacial score (nSPS) is 15.0. The molecule has 2 amide bonds. The fourth-order valence-corrected chi connectivity index (χ4v) is 2.97. The minimum Gasteiger partial charge on any atom is -0.497 e. The molecule has 0 aliphatic rings. The van der Waals surface area contributed by atoms with Crippen molar-refractivity contribution in [3.63, 3.8) is 0 Å². The summed E-state index contributed by atoms with van der Waals surface area (Å²) in [5.74, 6) is -0.752. The molecule has 0 aromatic heterocycles. The van der Waals surface area contributed by atoms with Crippen molar-refractivity contribution in [3.8, 4) is 5.75 Å². The molecule has 0 radical (unpaired) electrons. The van der Waals surface area contributed by atoms with Crippen molar-refractivity contribution in [1.29, 1.82) is 0 Å². The summed E-state index contributed by atoms with van der Waals surface area (Å²) >= 11 is 0. The van der Waals surface area contributed by atoms with Gasteiger partial charge in [-0.1, -0.05) is 34.1 Å². The van der Waals surface area contributed by atoms with E-state index in [1.54, 1.807) is 27.2 Å². The maximum atomic E-state index is 13.0. The third-order valence-corrected chi connectivity index (χ3v) is 5.19. The van der Waals surface area contributed by atoms with Crippen LogP contribution in [-0.4, -0.2) is 55.8 Å². The second-order valence-corrected chi connectivity index (χ2v) is 8.09. The van der Waals surface area contributed by atoms with Crippen molar-refractivity contribution in [2.45, 2.75) is 66.1 Å². The smallest absolute Gasteiger partial charge is 0.328 e. The average Bonchev–Trinajstić information content (AvgIpc) is 2.77. The van der Waals surface area contributed by atoms with Gasteiger partial charge in [0.25, 0.3) is 0 Å². The summed E-state index contributed by atoms with van der Waals surface area (Å²) in [7, 11) is 1.60. The molecule has 0 bridgehead atoms. The molecule has 0 heterocycles. The molecule has 1 aromatic rings. The second-order valence-electron chi connectivity index (χ2n) is 8.09. The van der Waals surface area contributed by atoms with E-state index in [0.717, 1.165) is 11.3 Å². The predicted octanol–water partition coefficient (Wildman–Crippen LogP) is 2.74. The first-order valence-corrected chi connectivity index (χ1v) is 11.1. The van der Waals surface area contributed by atoms with Gasteiger partial charge in [-0.3, -0.25) is 14.6 Å². The molecule has 178 valence electrons. The molecule has 2 N–H and O–H groups in total. The molecule has 8 heteroatoms. The van der Waals surface area contributed by atoms with Gasteiger partial charge in [0.05, 0.1) is 13.7 Å². The van der Waals surface area contributed by atoms with Crippen LogP contribution < -0.4 is 15.4 Å². The highest BCUT2D eigenvalue weighted by Gasteiger charge is 2.31. The molecule has 4 atom stereocenters. The highest BCUT2D eigenvalue weighted by atomic mass is 16.5. The number of aliphatic imine (C=N–C) groups is 1. The minimum atomic E-state index is -0.806. The van der Waals surface area contributed by atoms with Gasteiger partial charge in [-0.15, -0.1) is 0 Å². The van der Waals surface area contributed by atoms with Crippen molar-refractivity contribution in [1.82, 2.24) is 10.6 Å². The molecule has 8 nitrogen and oxygen atoms in total. The van der Waals surface area contributed by atoms with Crippen LogP contribution in [0.25, 0.3) is 0 Å². The standard InChI is InChI=1S/C24H37N3O5/c1-8-16(5)21(23(29)26-17(6)24(30)32-9-2)27-22(28)20(15(3)4)25-14-18-10-12-19(31-7)13-11-18/h10-17,20-21H,8-9H2,1-7H3,(H,26,29)(H,27,28)/t16-,17-,20-,21-/m0/s1. The van der Waals surface area contributed by atoms with Crippen LogP contribution in [0.15, 0.2) is 29.3 Å². The summed E-state index contributed by atoms with van der Waals surface area (Å²) in [6.07, 6.45) is 2.32. The number of rotatable bonds is 12. The summed E-state index contributed by atoms with van der Waals surface area (Å²) in [5.41, 5.74) is 0.837. The lowest BCUT2D eigenvalue weighted by Gasteiger charge is -2.27. The number of nitrogens with zero attached hydrogens (tertiary/aromatic N) is 1. The fraction of sp³-hybridized carbons (Fsp3) is 0.583. The maximum absolute atomic E-state index is 13.0. The van der Waals surface area contributed by atoms with Crippen molar-refractivity contribution < 1.29 is 23.9 Å². The maximum Gasteiger partial charge on any atom is 0.328 e. The van der Waals surface area contributed by atoms with Gasteiger partial charge in [-0.25, -0.2) is 4.79 Å². The van der Waals surface area contributed by atoms with Crippen LogP contribution in [0.1, 0.15) is 53.5 Å². The molecule has 1 rings (SSSR count). The predicted molar refractivity (Wildman–Crippen MR) is 125 cm³/mol. The molecule has 32 heavy (non-hydrogen) atoms. The zero-order chi connectivity index (χ0) is 24.3. The summed E-state index contributed by atoms with van der Waals surface area (Å²) in [6, 6.07) is 5.08. The Morgan fingerprint density at radius 3 is 2.12 bits per heavy atom. The molecule has 0 fully saturated rings. The Morgan fingerprint density at radius 1 is 1.00 bits per heavy atom. The van der Waals surface area contributed by atoms with Gasteiger partial charge in [-0.2, -0.15) is 0 Å². The van der Waals surface area contributed by atoms with Crippen LogP contribution in [0, 0.1) is 11.8 Å². The van der Waals surface area contributed by atoms with E-state index in [4.69, 9.17) is 9.47 Å². The molecule has 0 saturated heterocycles. The first-order chi connectivity index (χ1) is 15.1. The summed E-state index contributed by atoms with van der Waals surface area (Å²) in [6.45, 7) is 11.1. The van der Waals surface area contributed by atoms with E-state index in [1.807, 2.05) is 52.0 Å². The van der Waals surface area contributed by atoms with E-state index < -0.39 is 30.0 Å². The number of methoxy groups -OCH3 is 1. The number of amides is 2. The number of benzene rings is 1. The van der Waals surface area contributed by atoms with Gasteiger partial charge >= 0.3 is 5.97 Å². The van der Waals surface area contributed by atoms with E-state index in [0.29, 0.717) is 6.42 Å². The van der Waals surface area contributed by atoms with Crippen LogP contribution in [0.2, 0.25) is 0 Å². The highest BCUT2D eigenvalue weighted by molar-refractivity contribution is 5.93. The number of esters is 1. The molecule has 0 aliphatic heterocycles. The molecule has 0 saturated carbocycles. The number of hydrogen-bond donors (Lipinski definition) is 2. The first kappa shape index (κ1) is 27.1. The zero-order valence-electron chi connectivity index (χ0n) is 20.2. The monoisotopic (exact) mass is 447 g/mol. The number of ether oxygens (including phenoxy) is 2. The van der Waals surface area contributed by atoms with Gasteiger partial charge in [0.1, 0.15) is 23.9 Å². The third-order valence-electron chi connectivity index (χ3n) is 5.19. The number of carbonyl (C=O) groups excluding carboxylic acids is 3. The lowest BCUT2D eigenvalue weighted by Crippen LogP contribution is -2.55. The van der Waals surface area contributed by atoms with E-state index in [2.05, 4.69) is 15.6 Å². The van der Waals surface area contributed by atoms with Crippen molar-refractivity contribution in [3.05, 3.63) is 29.8 Å². The van der Waals surface area contributed by atoms with E-state index >= 15 is 0 Å². The van der Waals surface area contributed by atoms with Gasteiger partial charge in [0.15, 0.2) is 0 Å². The third kappa shape index (κ3) is 8.32. The average molecular weight is 448 g/mol. The molecule has 0 aliphatic carbocycles. The van der Waals surface area contributed by atoms with Crippen molar-refractivity contribution >= 4 is 24.0 Å². The molecular formula is C24H37N3O5. The quantitative estimate of drug-likeness (QED) is 0.379. The van der Waals surface area contributed by atoms with Crippen molar-refractivity contribution in [2.24, 2.45) is 16.8 Å². The highest BCUT2D eigenvalue weighted by Crippen LogP contribution is 2.14. The van der Waals surface area contributed by atoms with Crippen LogP contribution in [0.4, 0.5) is 0 Å². The Bertz CT molecular complexity index is 776. The SMILES string of the molecule is CCOC(=O)[C@H](C)NC(=O)[C@@H](NC(=O)[C@@H](N=Cc1ccc(OC)cc1)C(C)C)[C@@H](C)CC. The summed E-state index contributed by atoms with van der Waals surface area (Å²) < 4.78 is 10.1. The van der Waals surface area contributed by atoms with Crippen LogP contribution in [-0.2, 0) is 19.1 Å². The molecular weight excluding hydrogens is 410 g/mol. The summed E-state index contributed by atoms with van der Waals surface area (Å²) in [5, 5.41) is 5.49. The second kappa shape index (κ2) is 13.5. The van der Waals surface area contributed by atoms with Gasteiger partial charge in [-0.05, 0) is 55.5 Å². The first-order valence-electron chi connectivity index (χ1n) is 11.1.